The van der Waals surface area contributed by atoms with Gasteiger partial charge >= 0.3 is 0 Å². The Morgan fingerprint density at radius 2 is 1.75 bits per heavy atom. The van der Waals surface area contributed by atoms with Crippen molar-refractivity contribution in [2.75, 3.05) is 5.73 Å². The second kappa shape index (κ2) is 5.31. The van der Waals surface area contributed by atoms with E-state index in [1.54, 1.807) is 6.21 Å². The Morgan fingerprint density at radius 3 is 2.60 bits per heavy atom. The molecule has 1 aliphatic heterocycles. The van der Waals surface area contributed by atoms with Crippen LogP contribution in [0, 0.1) is 0 Å². The second-order valence-electron chi connectivity index (χ2n) is 4.34. The molecule has 1 heterocycles. The molecule has 0 bridgehead atoms. The lowest BCUT2D eigenvalue weighted by Gasteiger charge is -1.98. The molecule has 0 unspecified atom stereocenters. The minimum atomic E-state index is 0.449. The van der Waals surface area contributed by atoms with Gasteiger partial charge in [-0.1, -0.05) is 48.0 Å². The molecule has 0 saturated carbocycles. The lowest BCUT2D eigenvalue weighted by Crippen LogP contribution is -1.85. The molecular formula is C16H12ClN3. The first-order valence-electron chi connectivity index (χ1n) is 6.18. The van der Waals surface area contributed by atoms with E-state index in [1.165, 1.54) is 0 Å². The first-order chi connectivity index (χ1) is 9.75. The van der Waals surface area contributed by atoms with Crippen LogP contribution in [0.5, 0.6) is 0 Å². The summed E-state index contributed by atoms with van der Waals surface area (Å²) in [5.74, 6) is 0. The SMILES string of the molecule is Nc1ccccc1N=Cc1c2cccccc-2nc1Cl. The van der Waals surface area contributed by atoms with Gasteiger partial charge in [-0.05, 0) is 18.2 Å². The normalized spacial score (nSPS) is 11.2. The Balaban J connectivity index is 2.05. The highest BCUT2D eigenvalue weighted by molar-refractivity contribution is 6.33. The Labute approximate surface area is 122 Å². The highest BCUT2D eigenvalue weighted by atomic mass is 35.5. The molecule has 0 saturated heterocycles. The number of halogens is 1. The third kappa shape index (κ3) is 2.36. The number of anilines is 1. The van der Waals surface area contributed by atoms with Crippen molar-refractivity contribution < 1.29 is 0 Å². The molecule has 98 valence electrons. The Hall–Kier alpha value is -2.39. The Morgan fingerprint density at radius 1 is 1.00 bits per heavy atom. The molecule has 0 aromatic heterocycles. The number of nitrogens with zero attached hydrogens (tertiary/aromatic N) is 2. The van der Waals surface area contributed by atoms with Crippen molar-refractivity contribution in [3.8, 4) is 11.3 Å². The molecule has 1 aromatic rings. The van der Waals surface area contributed by atoms with E-state index in [4.69, 9.17) is 17.3 Å². The number of fused-ring (bicyclic) bond motifs is 1. The zero-order valence-corrected chi connectivity index (χ0v) is 11.4. The molecule has 4 heteroatoms. The van der Waals surface area contributed by atoms with Crippen LogP contribution in [0.3, 0.4) is 0 Å². The van der Waals surface area contributed by atoms with Crippen LogP contribution in [0.1, 0.15) is 5.56 Å². The molecular weight excluding hydrogens is 270 g/mol. The topological polar surface area (TPSA) is 51.3 Å². The van der Waals surface area contributed by atoms with Gasteiger partial charge in [0.2, 0.25) is 0 Å². The zero-order chi connectivity index (χ0) is 13.9. The van der Waals surface area contributed by atoms with Crippen LogP contribution < -0.4 is 5.73 Å². The minimum absolute atomic E-state index is 0.449. The van der Waals surface area contributed by atoms with Gasteiger partial charge in [-0.2, -0.15) is 0 Å². The van der Waals surface area contributed by atoms with E-state index in [0.29, 0.717) is 10.8 Å². The van der Waals surface area contributed by atoms with Gasteiger partial charge in [0.05, 0.1) is 17.1 Å². The molecule has 0 spiro atoms. The predicted octanol–water partition coefficient (Wildman–Crippen LogP) is 4.17. The highest BCUT2D eigenvalue weighted by Crippen LogP contribution is 2.30. The maximum Gasteiger partial charge on any atom is 0.139 e. The molecule has 2 N–H and O–H groups in total. The quantitative estimate of drug-likeness (QED) is 0.566. The number of para-hydroxylation sites is 2. The summed E-state index contributed by atoms with van der Waals surface area (Å²) in [7, 11) is 0. The van der Waals surface area contributed by atoms with Crippen LogP contribution in [-0.4, -0.2) is 11.2 Å². The molecule has 0 atom stereocenters. The van der Waals surface area contributed by atoms with Crippen LogP contribution in [0.2, 0.25) is 5.15 Å². The zero-order valence-electron chi connectivity index (χ0n) is 10.6. The second-order valence-corrected chi connectivity index (χ2v) is 4.70. The van der Waals surface area contributed by atoms with E-state index in [-0.39, 0.29) is 0 Å². The smallest absolute Gasteiger partial charge is 0.139 e. The van der Waals surface area contributed by atoms with Gasteiger partial charge in [0.25, 0.3) is 0 Å². The standard InChI is InChI=1S/C16H12ClN3/c17-16-12(10-19-15-9-5-4-7-13(15)18)11-6-2-1-3-8-14(11)20-16/h1-10H,18H2. The fourth-order valence-electron chi connectivity index (χ4n) is 2.00. The van der Waals surface area contributed by atoms with E-state index < -0.39 is 0 Å². The third-order valence-corrected chi connectivity index (χ3v) is 3.30. The molecule has 2 aliphatic rings. The largest absolute Gasteiger partial charge is 0.397 e. The number of hydrogen-bond acceptors (Lipinski definition) is 3. The van der Waals surface area contributed by atoms with E-state index in [9.17, 15) is 0 Å². The van der Waals surface area contributed by atoms with Crippen LogP contribution >= 0.6 is 11.6 Å². The summed E-state index contributed by atoms with van der Waals surface area (Å²) >= 11 is 6.18. The van der Waals surface area contributed by atoms with Gasteiger partial charge in [0.1, 0.15) is 5.15 Å². The van der Waals surface area contributed by atoms with Gasteiger partial charge in [-0.3, -0.25) is 4.99 Å². The van der Waals surface area contributed by atoms with Crippen molar-refractivity contribution in [2.45, 2.75) is 0 Å². The van der Waals surface area contributed by atoms with Crippen molar-refractivity contribution in [1.29, 1.82) is 0 Å². The fourth-order valence-corrected chi connectivity index (χ4v) is 2.24. The summed E-state index contributed by atoms with van der Waals surface area (Å²) < 4.78 is 0. The molecule has 1 aliphatic carbocycles. The van der Waals surface area contributed by atoms with Gasteiger partial charge < -0.3 is 5.73 Å². The average molecular weight is 282 g/mol. The Kier molecular flexibility index (Phi) is 3.35. The highest BCUT2D eigenvalue weighted by Gasteiger charge is 2.13. The summed E-state index contributed by atoms with van der Waals surface area (Å²) in [6.45, 7) is 0. The third-order valence-electron chi connectivity index (χ3n) is 3.02. The van der Waals surface area contributed by atoms with Crippen LogP contribution in [-0.2, 0) is 0 Å². The van der Waals surface area contributed by atoms with Crippen LogP contribution in [0.25, 0.3) is 11.3 Å². The molecule has 3 rings (SSSR count). The van der Waals surface area contributed by atoms with E-state index in [0.717, 1.165) is 22.5 Å². The number of aromatic nitrogens is 1. The maximum absolute atomic E-state index is 6.18. The summed E-state index contributed by atoms with van der Waals surface area (Å²) in [5, 5.41) is 0.449. The van der Waals surface area contributed by atoms with Crippen LogP contribution in [0.15, 0.2) is 59.6 Å². The fraction of sp³-hybridized carbons (Fsp3) is 0. The molecule has 1 aromatic carbocycles. The van der Waals surface area contributed by atoms with Gasteiger partial charge in [0.15, 0.2) is 0 Å². The summed E-state index contributed by atoms with van der Waals surface area (Å²) in [5.41, 5.74) is 9.85. The lowest BCUT2D eigenvalue weighted by molar-refractivity contribution is 1.41. The molecule has 3 nitrogen and oxygen atoms in total. The maximum atomic E-state index is 6.18. The van der Waals surface area contributed by atoms with E-state index in [1.807, 2.05) is 54.6 Å². The number of nitrogens with two attached hydrogens (primary N) is 1. The van der Waals surface area contributed by atoms with Crippen molar-refractivity contribution >= 4 is 29.2 Å². The molecule has 0 fully saturated rings. The van der Waals surface area contributed by atoms with E-state index >= 15 is 0 Å². The molecule has 0 radical (unpaired) electrons. The minimum Gasteiger partial charge on any atom is -0.397 e. The number of benzene rings is 1. The number of nitrogen functional groups attached to an aromatic ring is 1. The van der Waals surface area contributed by atoms with Gasteiger partial charge in [-0.15, -0.1) is 0 Å². The van der Waals surface area contributed by atoms with Crippen molar-refractivity contribution in [3.63, 3.8) is 0 Å². The molecule has 0 amide bonds. The van der Waals surface area contributed by atoms with Crippen LogP contribution in [0.4, 0.5) is 11.4 Å². The number of aliphatic imine (C=N–C) groups is 1. The number of rotatable bonds is 2. The van der Waals surface area contributed by atoms with Gasteiger partial charge in [-0.25, -0.2) is 4.98 Å². The van der Waals surface area contributed by atoms with Crippen molar-refractivity contribution in [1.82, 2.24) is 4.98 Å². The van der Waals surface area contributed by atoms with Crippen molar-refractivity contribution in [2.24, 2.45) is 4.99 Å². The summed E-state index contributed by atoms with van der Waals surface area (Å²) in [6.07, 6.45) is 1.71. The average Bonchev–Trinajstić information content (AvgIpc) is 2.62. The Bertz CT molecular complexity index is 752. The number of hydrogen-bond donors (Lipinski definition) is 1. The first kappa shape index (κ1) is 12.6. The molecule has 20 heavy (non-hydrogen) atoms. The van der Waals surface area contributed by atoms with Gasteiger partial charge in [0, 0.05) is 17.3 Å². The lowest BCUT2D eigenvalue weighted by atomic mass is 10.1. The predicted molar refractivity (Wildman–Crippen MR) is 84.0 cm³/mol. The summed E-state index contributed by atoms with van der Waals surface area (Å²) in [4.78, 5) is 8.74. The first-order valence-corrected chi connectivity index (χ1v) is 6.56. The van der Waals surface area contributed by atoms with Crippen molar-refractivity contribution in [3.05, 3.63) is 65.3 Å². The van der Waals surface area contributed by atoms with E-state index in [2.05, 4.69) is 9.98 Å². The summed E-state index contributed by atoms with van der Waals surface area (Å²) in [6, 6.07) is 17.2. The monoisotopic (exact) mass is 281 g/mol.